The number of carbonyl (C=O) groups excluding carboxylic acids is 1. The van der Waals surface area contributed by atoms with E-state index in [1.54, 1.807) is 7.05 Å². The maximum atomic E-state index is 11.9. The van der Waals surface area contributed by atoms with E-state index in [1.807, 2.05) is 23.9 Å². The van der Waals surface area contributed by atoms with E-state index in [-0.39, 0.29) is 11.9 Å². The van der Waals surface area contributed by atoms with Crippen LogP contribution in [0.1, 0.15) is 44.2 Å². The van der Waals surface area contributed by atoms with Gasteiger partial charge in [0.15, 0.2) is 0 Å². The van der Waals surface area contributed by atoms with Gasteiger partial charge in [0.1, 0.15) is 6.04 Å². The molecule has 1 amide bonds. The van der Waals surface area contributed by atoms with Gasteiger partial charge >= 0.3 is 0 Å². The second-order valence-electron chi connectivity index (χ2n) is 6.09. The number of likely N-dealkylation sites (N-methyl/N-ethyl adjacent to an activating group) is 1. The quantitative estimate of drug-likeness (QED) is 0.874. The molecule has 21 heavy (non-hydrogen) atoms. The highest BCUT2D eigenvalue weighted by molar-refractivity contribution is 8.00. The number of hydrogen-bond donors (Lipinski definition) is 2. The summed E-state index contributed by atoms with van der Waals surface area (Å²) in [6.45, 7) is 2.33. The summed E-state index contributed by atoms with van der Waals surface area (Å²) in [4.78, 5) is 13.0. The van der Waals surface area contributed by atoms with Gasteiger partial charge in [0.05, 0.1) is 5.02 Å². The Bertz CT molecular complexity index is 563. The van der Waals surface area contributed by atoms with Crippen LogP contribution in [0, 0.1) is 5.92 Å². The van der Waals surface area contributed by atoms with E-state index in [0.29, 0.717) is 5.25 Å². The summed E-state index contributed by atoms with van der Waals surface area (Å²) >= 11 is 8.31. The summed E-state index contributed by atoms with van der Waals surface area (Å²) in [5.74, 6) is 0.801. The van der Waals surface area contributed by atoms with Gasteiger partial charge in [-0.15, -0.1) is 11.8 Å². The number of carbonyl (C=O) groups is 1. The van der Waals surface area contributed by atoms with Gasteiger partial charge in [0.2, 0.25) is 5.91 Å². The Hall–Kier alpha value is -0.710. The zero-order valence-corrected chi connectivity index (χ0v) is 14.0. The number of amides is 1. The average Bonchev–Trinajstić information content (AvgIpc) is 2.74. The molecule has 0 bridgehead atoms. The molecule has 0 saturated heterocycles. The van der Waals surface area contributed by atoms with E-state index >= 15 is 0 Å². The highest BCUT2D eigenvalue weighted by Gasteiger charge is 2.30. The topological polar surface area (TPSA) is 41.1 Å². The predicted octanol–water partition coefficient (Wildman–Crippen LogP) is 4.22. The Balaban J connectivity index is 1.81. The molecule has 2 N–H and O–H groups in total. The molecule has 3 atom stereocenters. The van der Waals surface area contributed by atoms with Crippen molar-refractivity contribution in [3.8, 4) is 0 Å². The minimum Gasteiger partial charge on any atom is -0.324 e. The number of halogens is 1. The predicted molar refractivity (Wildman–Crippen MR) is 89.2 cm³/mol. The van der Waals surface area contributed by atoms with Gasteiger partial charge < -0.3 is 10.6 Å². The fraction of sp³-hybridized carbons (Fsp3) is 0.562. The molecule has 3 unspecified atom stereocenters. The van der Waals surface area contributed by atoms with Crippen molar-refractivity contribution < 1.29 is 4.79 Å². The van der Waals surface area contributed by atoms with Gasteiger partial charge in [-0.05, 0) is 37.9 Å². The van der Waals surface area contributed by atoms with Gasteiger partial charge in [0, 0.05) is 21.4 Å². The summed E-state index contributed by atoms with van der Waals surface area (Å²) in [6, 6.07) is 3.69. The van der Waals surface area contributed by atoms with Crippen molar-refractivity contribution in [2.75, 3.05) is 12.4 Å². The third-order valence-electron chi connectivity index (χ3n) is 4.41. The molecular formula is C16H21ClN2OS. The highest BCUT2D eigenvalue weighted by Crippen LogP contribution is 2.43. The molecule has 0 spiro atoms. The first-order chi connectivity index (χ1) is 10.1. The number of anilines is 1. The smallest absolute Gasteiger partial charge is 0.246 e. The highest BCUT2D eigenvalue weighted by atomic mass is 35.5. The number of benzene rings is 1. The lowest BCUT2D eigenvalue weighted by molar-refractivity contribution is -0.117. The van der Waals surface area contributed by atoms with E-state index in [0.717, 1.165) is 27.1 Å². The van der Waals surface area contributed by atoms with Gasteiger partial charge in [-0.2, -0.15) is 0 Å². The van der Waals surface area contributed by atoms with Gasteiger partial charge in [-0.25, -0.2) is 0 Å². The molecule has 1 saturated carbocycles. The third kappa shape index (κ3) is 3.08. The molecular weight excluding hydrogens is 304 g/mol. The van der Waals surface area contributed by atoms with Crippen LogP contribution < -0.4 is 10.6 Å². The second kappa shape index (κ2) is 6.19. The van der Waals surface area contributed by atoms with Crippen LogP contribution in [0.3, 0.4) is 0 Å². The van der Waals surface area contributed by atoms with Crippen LogP contribution in [0.4, 0.5) is 5.69 Å². The van der Waals surface area contributed by atoms with Crippen LogP contribution in [0.25, 0.3) is 0 Å². The number of rotatable bonds is 3. The van der Waals surface area contributed by atoms with E-state index in [4.69, 9.17) is 11.6 Å². The van der Waals surface area contributed by atoms with Crippen molar-refractivity contribution in [2.45, 2.75) is 48.8 Å². The fourth-order valence-corrected chi connectivity index (χ4v) is 5.04. The summed E-state index contributed by atoms with van der Waals surface area (Å²) in [7, 11) is 1.79. The zero-order valence-electron chi connectivity index (χ0n) is 12.4. The van der Waals surface area contributed by atoms with E-state index in [2.05, 4.69) is 17.6 Å². The lowest BCUT2D eigenvalue weighted by atomic mass is 9.91. The fourth-order valence-electron chi connectivity index (χ4n) is 3.30. The lowest BCUT2D eigenvalue weighted by Gasteiger charge is -2.26. The number of nitrogens with one attached hydrogen (secondary N) is 2. The van der Waals surface area contributed by atoms with Gasteiger partial charge in [-0.3, -0.25) is 4.79 Å². The number of fused-ring (bicyclic) bond motifs is 1. The average molecular weight is 325 g/mol. The zero-order chi connectivity index (χ0) is 15.0. The molecule has 0 radical (unpaired) electrons. The Morgan fingerprint density at radius 3 is 2.90 bits per heavy atom. The van der Waals surface area contributed by atoms with Crippen LogP contribution in [0.15, 0.2) is 17.0 Å². The van der Waals surface area contributed by atoms with E-state index in [9.17, 15) is 4.79 Å². The van der Waals surface area contributed by atoms with Crippen molar-refractivity contribution in [3.63, 3.8) is 0 Å². The molecule has 5 heteroatoms. The van der Waals surface area contributed by atoms with Crippen molar-refractivity contribution in [3.05, 3.63) is 22.7 Å². The third-order valence-corrected chi connectivity index (χ3v) is 6.18. The van der Waals surface area contributed by atoms with Crippen LogP contribution in [-0.2, 0) is 4.79 Å². The molecule has 1 aromatic carbocycles. The molecule has 0 aromatic heterocycles. The van der Waals surface area contributed by atoms with E-state index < -0.39 is 0 Å². The molecule has 1 aliphatic heterocycles. The molecule has 3 rings (SSSR count). The molecule has 1 fully saturated rings. The Kier molecular flexibility index (Phi) is 4.48. The minimum absolute atomic E-state index is 0.00277. The van der Waals surface area contributed by atoms with Crippen LogP contribution in [0.5, 0.6) is 0 Å². The first-order valence-electron chi connectivity index (χ1n) is 7.56. The number of thioether (sulfide) groups is 1. The van der Waals surface area contributed by atoms with Crippen molar-refractivity contribution in [2.24, 2.45) is 5.92 Å². The Morgan fingerprint density at radius 1 is 1.38 bits per heavy atom. The standard InChI is InChI=1S/C16H21ClN2OS/c1-9-4-3-5-10(6-9)21-14-8-13-11(7-12(14)17)15(18-2)16(20)19-13/h7-10,15,18H,3-6H2,1-2H3,(H,19,20). The monoisotopic (exact) mass is 324 g/mol. The largest absolute Gasteiger partial charge is 0.324 e. The Morgan fingerprint density at radius 2 is 2.19 bits per heavy atom. The minimum atomic E-state index is -0.286. The Labute approximate surface area is 135 Å². The first-order valence-corrected chi connectivity index (χ1v) is 8.82. The van der Waals surface area contributed by atoms with Crippen molar-refractivity contribution in [1.82, 2.24) is 5.32 Å². The number of hydrogen-bond acceptors (Lipinski definition) is 3. The summed E-state index contributed by atoms with van der Waals surface area (Å²) in [6.07, 6.45) is 5.16. The summed E-state index contributed by atoms with van der Waals surface area (Å²) in [5, 5.41) is 7.36. The molecule has 1 aliphatic carbocycles. The summed E-state index contributed by atoms with van der Waals surface area (Å²) < 4.78 is 0. The molecule has 3 nitrogen and oxygen atoms in total. The maximum Gasteiger partial charge on any atom is 0.246 e. The summed E-state index contributed by atoms with van der Waals surface area (Å²) in [5.41, 5.74) is 1.85. The second-order valence-corrected chi connectivity index (χ2v) is 7.84. The maximum absolute atomic E-state index is 11.9. The first kappa shape index (κ1) is 15.2. The molecule has 2 aliphatic rings. The van der Waals surface area contributed by atoms with Crippen LogP contribution in [-0.4, -0.2) is 18.2 Å². The van der Waals surface area contributed by atoms with Gasteiger partial charge in [-0.1, -0.05) is 31.4 Å². The lowest BCUT2D eigenvalue weighted by Crippen LogP contribution is -2.23. The van der Waals surface area contributed by atoms with E-state index in [1.165, 1.54) is 25.7 Å². The normalized spacial score (nSPS) is 28.3. The molecule has 1 aromatic rings. The molecule has 1 heterocycles. The van der Waals surface area contributed by atoms with Crippen LogP contribution in [0.2, 0.25) is 5.02 Å². The van der Waals surface area contributed by atoms with Crippen molar-refractivity contribution >= 4 is 35.0 Å². The van der Waals surface area contributed by atoms with Crippen LogP contribution >= 0.6 is 23.4 Å². The SMILES string of the molecule is CNC1C(=O)Nc2cc(SC3CCCC(C)C3)c(Cl)cc21. The van der Waals surface area contributed by atoms with Gasteiger partial charge in [0.25, 0.3) is 0 Å². The molecule has 114 valence electrons. The van der Waals surface area contributed by atoms with Crippen molar-refractivity contribution in [1.29, 1.82) is 0 Å².